The number of aliphatic imine (C=N–C) groups is 2. The molecule has 56 heavy (non-hydrogen) atoms. The number of hydrogen-bond acceptors (Lipinski definition) is 4. The zero-order valence-corrected chi connectivity index (χ0v) is 30.6. The van der Waals surface area contributed by atoms with Crippen LogP contribution in [0.15, 0.2) is 202 Å². The summed E-state index contributed by atoms with van der Waals surface area (Å²) in [7, 11) is 0. The van der Waals surface area contributed by atoms with Gasteiger partial charge in [-0.1, -0.05) is 140 Å². The van der Waals surface area contributed by atoms with E-state index < -0.39 is 0 Å². The van der Waals surface area contributed by atoms with E-state index in [0.29, 0.717) is 0 Å². The van der Waals surface area contributed by atoms with Crippen LogP contribution in [0.3, 0.4) is 0 Å². The van der Waals surface area contributed by atoms with E-state index in [1.165, 1.54) is 38.5 Å². The normalized spacial score (nSPS) is 15.6. The van der Waals surface area contributed by atoms with Crippen molar-refractivity contribution in [1.82, 2.24) is 9.88 Å². The Morgan fingerprint density at radius 2 is 1.36 bits per heavy atom. The van der Waals surface area contributed by atoms with Gasteiger partial charge in [0.05, 0.1) is 11.0 Å². The van der Waals surface area contributed by atoms with Crippen molar-refractivity contribution >= 4 is 55.4 Å². The number of furan rings is 1. The number of fused-ring (bicyclic) bond motifs is 6. The standard InChI is InChI=1S/C51H36N4O/c1-4-14-33(15-5-1)36-26-28-42-41-22-10-11-24-44(41)55(45(42)31-36)39-27-29-43-47(32-39)56-46-25-13-23-40(48(43)46)37-20-12-21-38(30-37)51-53-49(34-16-6-2-7-17-34)52-50(54-51)35-18-8-3-9-19-35/h1-8,10-18,20-32,51H,9,19H2,(H,52,53,54). The molecule has 0 amide bonds. The van der Waals surface area contributed by atoms with E-state index in [4.69, 9.17) is 14.4 Å². The van der Waals surface area contributed by atoms with E-state index in [2.05, 4.69) is 174 Å². The highest BCUT2D eigenvalue weighted by Crippen LogP contribution is 2.40. The largest absolute Gasteiger partial charge is 0.456 e. The molecule has 1 unspecified atom stereocenters. The lowest BCUT2D eigenvalue weighted by molar-refractivity contribution is 0.668. The summed E-state index contributed by atoms with van der Waals surface area (Å²) in [5, 5.41) is 8.32. The van der Waals surface area contributed by atoms with Crippen LogP contribution in [-0.4, -0.2) is 16.2 Å². The number of rotatable bonds is 6. The van der Waals surface area contributed by atoms with E-state index in [1.54, 1.807) is 0 Å². The molecule has 3 heterocycles. The molecule has 266 valence electrons. The average molecular weight is 721 g/mol. The Bertz CT molecular complexity index is 3110. The lowest BCUT2D eigenvalue weighted by Crippen LogP contribution is -2.34. The maximum Gasteiger partial charge on any atom is 0.159 e. The average Bonchev–Trinajstić information content (AvgIpc) is 3.82. The topological polar surface area (TPSA) is 54.8 Å². The van der Waals surface area contributed by atoms with Crippen molar-refractivity contribution in [2.45, 2.75) is 19.0 Å². The minimum absolute atomic E-state index is 0.291. The van der Waals surface area contributed by atoms with Crippen LogP contribution in [-0.2, 0) is 0 Å². The van der Waals surface area contributed by atoms with Gasteiger partial charge in [0.15, 0.2) is 5.84 Å². The summed E-state index contributed by atoms with van der Waals surface area (Å²) in [5.41, 5.74) is 13.0. The van der Waals surface area contributed by atoms with Crippen LogP contribution in [0.4, 0.5) is 0 Å². The third-order valence-corrected chi connectivity index (χ3v) is 11.1. The van der Waals surface area contributed by atoms with Crippen LogP contribution < -0.4 is 5.32 Å². The molecular formula is C51H36N4O. The maximum atomic E-state index is 6.69. The van der Waals surface area contributed by atoms with Crippen LogP contribution in [0.25, 0.3) is 71.7 Å². The number of nitrogens with one attached hydrogen (secondary N) is 1. The summed E-state index contributed by atoms with van der Waals surface area (Å²) < 4.78 is 9.05. The zero-order valence-electron chi connectivity index (χ0n) is 30.6. The van der Waals surface area contributed by atoms with Gasteiger partial charge in [0.2, 0.25) is 0 Å². The molecule has 0 saturated carbocycles. The van der Waals surface area contributed by atoms with Gasteiger partial charge >= 0.3 is 0 Å². The molecule has 7 aromatic carbocycles. The first-order chi connectivity index (χ1) is 27.7. The van der Waals surface area contributed by atoms with Crippen molar-refractivity contribution in [3.63, 3.8) is 0 Å². The highest BCUT2D eigenvalue weighted by atomic mass is 16.3. The van der Waals surface area contributed by atoms with Crippen molar-refractivity contribution in [1.29, 1.82) is 0 Å². The molecule has 2 aliphatic rings. The van der Waals surface area contributed by atoms with Crippen LogP contribution in [0.1, 0.15) is 30.1 Å². The summed E-state index contributed by atoms with van der Waals surface area (Å²) in [6.07, 6.45) is 8.14. The minimum atomic E-state index is -0.291. The molecule has 1 aliphatic carbocycles. The Morgan fingerprint density at radius 3 is 2.21 bits per heavy atom. The van der Waals surface area contributed by atoms with Gasteiger partial charge in [-0.05, 0) is 82.6 Å². The first kappa shape index (κ1) is 32.2. The molecule has 0 saturated heterocycles. The number of benzene rings is 7. The number of para-hydroxylation sites is 1. The second-order valence-electron chi connectivity index (χ2n) is 14.5. The summed E-state index contributed by atoms with van der Waals surface area (Å²) in [6, 6.07) is 58.0. The maximum absolute atomic E-state index is 6.69. The quantitative estimate of drug-likeness (QED) is 0.186. The van der Waals surface area contributed by atoms with Gasteiger partial charge in [-0.15, -0.1) is 0 Å². The van der Waals surface area contributed by atoms with Crippen LogP contribution >= 0.6 is 0 Å². The van der Waals surface area contributed by atoms with Crippen LogP contribution in [0, 0.1) is 0 Å². The molecule has 0 radical (unpaired) electrons. The SMILES string of the molecule is C1=CCCC(C2=NC(c3ccccc3)=NC(c3cccc(-c4cccc5oc6cc(-n7c8ccccc8c8ccc(-c9ccccc9)cc87)ccc6c45)c3)N2)=C1. The molecule has 11 rings (SSSR count). The molecular weight excluding hydrogens is 685 g/mol. The Morgan fingerprint density at radius 1 is 0.589 bits per heavy atom. The first-order valence-corrected chi connectivity index (χ1v) is 19.2. The molecule has 5 heteroatoms. The number of nitrogens with zero attached hydrogens (tertiary/aromatic N) is 3. The van der Waals surface area contributed by atoms with Crippen molar-refractivity contribution in [2.24, 2.45) is 9.98 Å². The van der Waals surface area contributed by atoms with Gasteiger partial charge in [0.25, 0.3) is 0 Å². The van der Waals surface area contributed by atoms with Crippen LogP contribution in [0.2, 0.25) is 0 Å². The fourth-order valence-electron chi connectivity index (χ4n) is 8.43. The van der Waals surface area contributed by atoms with E-state index in [9.17, 15) is 0 Å². The van der Waals surface area contributed by atoms with Crippen molar-refractivity contribution in [3.8, 4) is 27.9 Å². The van der Waals surface area contributed by atoms with E-state index in [1.807, 2.05) is 18.2 Å². The Labute approximate surface area is 324 Å². The van der Waals surface area contributed by atoms with Crippen molar-refractivity contribution in [2.75, 3.05) is 0 Å². The molecule has 0 spiro atoms. The Balaban J connectivity index is 1.01. The molecule has 0 fully saturated rings. The molecule has 0 bridgehead atoms. The third-order valence-electron chi connectivity index (χ3n) is 11.1. The van der Waals surface area contributed by atoms with Gasteiger partial charge in [-0.25, -0.2) is 9.98 Å². The fraction of sp³-hybridized carbons (Fsp3) is 0.0588. The van der Waals surface area contributed by atoms with E-state index in [0.717, 1.165) is 74.4 Å². The number of amidine groups is 2. The predicted octanol–water partition coefficient (Wildman–Crippen LogP) is 12.7. The highest BCUT2D eigenvalue weighted by molar-refractivity contribution is 6.15. The molecule has 2 aromatic heterocycles. The molecule has 9 aromatic rings. The first-order valence-electron chi connectivity index (χ1n) is 19.2. The van der Waals surface area contributed by atoms with Crippen LogP contribution in [0.5, 0.6) is 0 Å². The number of aromatic nitrogens is 1. The van der Waals surface area contributed by atoms with E-state index >= 15 is 0 Å². The number of hydrogen-bond donors (Lipinski definition) is 1. The van der Waals surface area contributed by atoms with E-state index in [-0.39, 0.29) is 6.17 Å². The summed E-state index contributed by atoms with van der Waals surface area (Å²) in [6.45, 7) is 0. The highest BCUT2D eigenvalue weighted by Gasteiger charge is 2.23. The predicted molar refractivity (Wildman–Crippen MR) is 232 cm³/mol. The van der Waals surface area contributed by atoms with Crippen molar-refractivity contribution in [3.05, 3.63) is 199 Å². The lowest BCUT2D eigenvalue weighted by Gasteiger charge is -2.25. The Kier molecular flexibility index (Phi) is 7.62. The molecule has 5 nitrogen and oxygen atoms in total. The zero-order chi connectivity index (χ0) is 37.0. The van der Waals surface area contributed by atoms with Gasteiger partial charge < -0.3 is 14.3 Å². The second kappa shape index (κ2) is 13.3. The number of allylic oxidation sites excluding steroid dienone is 3. The summed E-state index contributed by atoms with van der Waals surface area (Å²) in [4.78, 5) is 10.2. The lowest BCUT2D eigenvalue weighted by atomic mass is 9.97. The third kappa shape index (κ3) is 5.47. The van der Waals surface area contributed by atoms with Gasteiger partial charge in [-0.3, -0.25) is 0 Å². The smallest absolute Gasteiger partial charge is 0.159 e. The minimum Gasteiger partial charge on any atom is -0.456 e. The fourth-order valence-corrected chi connectivity index (χ4v) is 8.43. The molecule has 1 atom stereocenters. The van der Waals surface area contributed by atoms with Gasteiger partial charge in [0.1, 0.15) is 23.2 Å². The molecule has 1 N–H and O–H groups in total. The Hall–Kier alpha value is -7.24. The summed E-state index contributed by atoms with van der Waals surface area (Å²) >= 11 is 0. The van der Waals surface area contributed by atoms with Gasteiger partial charge in [0, 0.05) is 38.9 Å². The monoisotopic (exact) mass is 720 g/mol. The second-order valence-corrected chi connectivity index (χ2v) is 14.5. The summed E-state index contributed by atoms with van der Waals surface area (Å²) in [5.74, 6) is 1.63. The van der Waals surface area contributed by atoms with Crippen molar-refractivity contribution < 1.29 is 4.42 Å². The van der Waals surface area contributed by atoms with Gasteiger partial charge in [-0.2, -0.15) is 0 Å². The molecule has 1 aliphatic heterocycles.